The summed E-state index contributed by atoms with van der Waals surface area (Å²) in [6.07, 6.45) is 1.55. The van der Waals surface area contributed by atoms with Crippen molar-refractivity contribution in [3.05, 3.63) is 96.3 Å². The van der Waals surface area contributed by atoms with Gasteiger partial charge in [0.1, 0.15) is 24.0 Å². The van der Waals surface area contributed by atoms with Crippen LogP contribution in [0.3, 0.4) is 0 Å². The van der Waals surface area contributed by atoms with E-state index in [1.54, 1.807) is 18.2 Å². The molecule has 0 spiro atoms. The number of halogens is 3. The first kappa shape index (κ1) is 23.3. The second-order valence-electron chi connectivity index (χ2n) is 6.71. The number of nitriles is 1. The number of benzene rings is 3. The summed E-state index contributed by atoms with van der Waals surface area (Å²) in [6, 6.07) is 20.9. The van der Waals surface area contributed by atoms with Gasteiger partial charge in [-0.3, -0.25) is 4.79 Å². The summed E-state index contributed by atoms with van der Waals surface area (Å²) in [5, 5.41) is 12.3. The summed E-state index contributed by atoms with van der Waals surface area (Å²) in [7, 11) is 0. The lowest BCUT2D eigenvalue weighted by atomic mass is 10.1. The number of carbonyl (C=O) groups excluding carboxylic acids is 1. The van der Waals surface area contributed by atoms with Crippen LogP contribution in [0.25, 0.3) is 6.08 Å². The van der Waals surface area contributed by atoms with Gasteiger partial charge in [0.2, 0.25) is 0 Å². The molecule has 0 radical (unpaired) electrons. The molecule has 1 amide bonds. The van der Waals surface area contributed by atoms with Gasteiger partial charge in [0, 0.05) is 13.4 Å². The number of anilines is 1. The maximum absolute atomic E-state index is 12.6. The predicted octanol–water partition coefficient (Wildman–Crippen LogP) is 7.41. The number of nitrogens with zero attached hydrogens (tertiary/aromatic N) is 1. The van der Waals surface area contributed by atoms with Crippen LogP contribution >= 0.6 is 47.8 Å². The monoisotopic (exact) mass is 602 g/mol. The minimum absolute atomic E-state index is 0.00269. The van der Waals surface area contributed by atoms with Gasteiger partial charge in [-0.25, -0.2) is 0 Å². The minimum Gasteiger partial charge on any atom is -0.489 e. The normalized spacial score (nSPS) is 11.0. The van der Waals surface area contributed by atoms with E-state index in [4.69, 9.17) is 4.74 Å². The van der Waals surface area contributed by atoms with Crippen LogP contribution in [0, 0.1) is 18.3 Å². The molecule has 0 aromatic heterocycles. The van der Waals surface area contributed by atoms with Gasteiger partial charge in [0.05, 0.1) is 5.69 Å². The number of amides is 1. The van der Waals surface area contributed by atoms with Crippen molar-refractivity contribution in [2.45, 2.75) is 13.5 Å². The van der Waals surface area contributed by atoms with E-state index in [1.807, 2.05) is 61.5 Å². The first-order valence-electron chi connectivity index (χ1n) is 9.22. The molecule has 0 aliphatic heterocycles. The molecular weight excluding hydrogens is 588 g/mol. The third kappa shape index (κ3) is 6.54. The van der Waals surface area contributed by atoms with Crippen LogP contribution < -0.4 is 10.1 Å². The molecule has 156 valence electrons. The van der Waals surface area contributed by atoms with E-state index in [2.05, 4.69) is 53.1 Å². The highest BCUT2D eigenvalue weighted by atomic mass is 79.9. The van der Waals surface area contributed by atoms with Crippen LogP contribution in [0.4, 0.5) is 5.69 Å². The lowest BCUT2D eigenvalue weighted by molar-refractivity contribution is -0.112. The molecule has 31 heavy (non-hydrogen) atoms. The molecule has 3 aromatic rings. The Labute approximate surface area is 206 Å². The van der Waals surface area contributed by atoms with Crippen LogP contribution in [-0.2, 0) is 11.4 Å². The number of rotatable bonds is 6. The molecule has 7 heteroatoms. The maximum Gasteiger partial charge on any atom is 0.266 e. The molecule has 4 nitrogen and oxygen atoms in total. The van der Waals surface area contributed by atoms with Crippen molar-refractivity contribution >= 4 is 65.5 Å². The summed E-state index contributed by atoms with van der Waals surface area (Å²) < 4.78 is 8.28. The van der Waals surface area contributed by atoms with Crippen molar-refractivity contribution in [3.63, 3.8) is 0 Å². The Kier molecular flexibility index (Phi) is 8.08. The predicted molar refractivity (Wildman–Crippen MR) is 134 cm³/mol. The molecule has 0 aliphatic carbocycles. The molecule has 1 N–H and O–H groups in total. The summed E-state index contributed by atoms with van der Waals surface area (Å²) in [5.41, 5.74) is 3.40. The number of hydrogen-bond acceptors (Lipinski definition) is 3. The number of nitrogens with one attached hydrogen (secondary N) is 1. The fourth-order valence-corrected chi connectivity index (χ4v) is 4.60. The number of ether oxygens (including phenoxy) is 1. The largest absolute Gasteiger partial charge is 0.489 e. The molecule has 0 bridgehead atoms. The fraction of sp³-hybridized carbons (Fsp3) is 0.0833. The van der Waals surface area contributed by atoms with Gasteiger partial charge in [-0.2, -0.15) is 5.26 Å². The molecule has 3 rings (SSSR count). The Morgan fingerprint density at radius 1 is 1.03 bits per heavy atom. The average molecular weight is 605 g/mol. The molecule has 0 saturated heterocycles. The Morgan fingerprint density at radius 3 is 2.23 bits per heavy atom. The van der Waals surface area contributed by atoms with E-state index in [0.717, 1.165) is 30.1 Å². The molecule has 0 unspecified atom stereocenters. The molecule has 0 atom stereocenters. The van der Waals surface area contributed by atoms with Gasteiger partial charge in [-0.15, -0.1) is 0 Å². The van der Waals surface area contributed by atoms with Crippen molar-refractivity contribution in [1.82, 2.24) is 0 Å². The van der Waals surface area contributed by atoms with E-state index in [1.165, 1.54) is 0 Å². The van der Waals surface area contributed by atoms with Crippen molar-refractivity contribution in [2.75, 3.05) is 5.32 Å². The van der Waals surface area contributed by atoms with Gasteiger partial charge in [0.25, 0.3) is 5.91 Å². The first-order chi connectivity index (χ1) is 14.9. The Bertz CT molecular complexity index is 1140. The first-order valence-corrected chi connectivity index (χ1v) is 11.6. The van der Waals surface area contributed by atoms with Crippen LogP contribution in [0.5, 0.6) is 5.75 Å². The second kappa shape index (κ2) is 10.8. The zero-order chi connectivity index (χ0) is 22.4. The second-order valence-corrected chi connectivity index (χ2v) is 9.34. The molecule has 0 aliphatic rings. The quantitative estimate of drug-likeness (QED) is 0.235. The minimum atomic E-state index is -0.483. The molecular formula is C24H17Br3N2O2. The molecule has 3 aromatic carbocycles. The summed E-state index contributed by atoms with van der Waals surface area (Å²) >= 11 is 10.3. The van der Waals surface area contributed by atoms with E-state index in [9.17, 15) is 10.1 Å². The molecule has 0 saturated carbocycles. The van der Waals surface area contributed by atoms with E-state index < -0.39 is 5.91 Å². The third-order valence-electron chi connectivity index (χ3n) is 4.30. The van der Waals surface area contributed by atoms with Gasteiger partial charge >= 0.3 is 0 Å². The smallest absolute Gasteiger partial charge is 0.266 e. The summed E-state index contributed by atoms with van der Waals surface area (Å²) in [5.74, 6) is 0.221. The van der Waals surface area contributed by atoms with Crippen LogP contribution in [0.15, 0.2) is 79.7 Å². The highest BCUT2D eigenvalue weighted by Crippen LogP contribution is 2.32. The van der Waals surface area contributed by atoms with Crippen molar-refractivity contribution in [1.29, 1.82) is 5.26 Å². The molecule has 0 heterocycles. The summed E-state index contributed by atoms with van der Waals surface area (Å²) in [4.78, 5) is 12.6. The SMILES string of the molecule is Cc1cc(Br)c(NC(=O)/C(C#N)=C/c2ccc(OCc3ccc(Br)cc3)cc2)c(Br)c1. The van der Waals surface area contributed by atoms with Crippen LogP contribution in [-0.4, -0.2) is 5.91 Å². The third-order valence-corrected chi connectivity index (χ3v) is 6.08. The number of hydrogen-bond donors (Lipinski definition) is 1. The highest BCUT2D eigenvalue weighted by molar-refractivity contribution is 9.11. The van der Waals surface area contributed by atoms with Crippen molar-refractivity contribution in [3.8, 4) is 11.8 Å². The highest BCUT2D eigenvalue weighted by Gasteiger charge is 2.14. The van der Waals surface area contributed by atoms with E-state index >= 15 is 0 Å². The zero-order valence-corrected chi connectivity index (χ0v) is 21.2. The number of carbonyl (C=O) groups is 1. The van der Waals surface area contributed by atoms with Crippen molar-refractivity contribution < 1.29 is 9.53 Å². The number of aryl methyl sites for hydroxylation is 1. The Morgan fingerprint density at radius 2 is 1.65 bits per heavy atom. The average Bonchev–Trinajstić information content (AvgIpc) is 2.75. The fourth-order valence-electron chi connectivity index (χ4n) is 2.72. The van der Waals surface area contributed by atoms with Gasteiger partial charge in [0.15, 0.2) is 0 Å². The lowest BCUT2D eigenvalue weighted by Gasteiger charge is -2.10. The van der Waals surface area contributed by atoms with E-state index in [0.29, 0.717) is 18.0 Å². The van der Waals surface area contributed by atoms with Crippen molar-refractivity contribution in [2.24, 2.45) is 0 Å². The topological polar surface area (TPSA) is 62.1 Å². The van der Waals surface area contributed by atoms with Crippen LogP contribution in [0.1, 0.15) is 16.7 Å². The lowest BCUT2D eigenvalue weighted by Crippen LogP contribution is -2.14. The standard InChI is InChI=1S/C24H17Br3N2O2/c1-15-10-21(26)23(22(27)11-15)29-24(30)18(13-28)12-16-4-8-20(9-5-16)31-14-17-2-6-19(25)7-3-17/h2-12H,14H2,1H3,(H,29,30)/b18-12+. The van der Waals surface area contributed by atoms with E-state index in [-0.39, 0.29) is 5.57 Å². The van der Waals surface area contributed by atoms with Gasteiger partial charge < -0.3 is 10.1 Å². The van der Waals surface area contributed by atoms with Gasteiger partial charge in [-0.1, -0.05) is 40.2 Å². The van der Waals surface area contributed by atoms with Gasteiger partial charge in [-0.05, 0) is 97.9 Å². The Hall–Kier alpha value is -2.40. The van der Waals surface area contributed by atoms with Crippen LogP contribution in [0.2, 0.25) is 0 Å². The maximum atomic E-state index is 12.6. The Balaban J connectivity index is 1.68. The molecule has 0 fully saturated rings. The summed E-state index contributed by atoms with van der Waals surface area (Å²) in [6.45, 7) is 2.41. The zero-order valence-electron chi connectivity index (χ0n) is 16.5.